The number of likely N-dealkylation sites (tertiary alicyclic amines) is 1. The van der Waals surface area contributed by atoms with Gasteiger partial charge in [-0.3, -0.25) is 9.69 Å². The van der Waals surface area contributed by atoms with Crippen LogP contribution in [0.15, 0.2) is 0 Å². The minimum Gasteiger partial charge on any atom is -0.396 e. The van der Waals surface area contributed by atoms with Gasteiger partial charge in [0.25, 0.3) is 0 Å². The second-order valence-electron chi connectivity index (χ2n) is 5.72. The number of primary amides is 1. The standard InChI is InChI=1S/C13H27N3O2/c1-3-13(2,10-17)9-15-11-4-6-16(7-5-11)8-12(14)18/h11,15,17H,3-10H2,1-2H3,(H2,14,18). The molecule has 1 rings (SSSR count). The van der Waals surface area contributed by atoms with E-state index in [2.05, 4.69) is 24.1 Å². The molecule has 5 heteroatoms. The molecule has 0 saturated carbocycles. The summed E-state index contributed by atoms with van der Waals surface area (Å²) in [4.78, 5) is 12.9. The summed E-state index contributed by atoms with van der Waals surface area (Å²) in [7, 11) is 0. The van der Waals surface area contributed by atoms with Gasteiger partial charge in [-0.15, -0.1) is 0 Å². The first-order valence-electron chi connectivity index (χ1n) is 6.84. The molecule has 5 nitrogen and oxygen atoms in total. The molecule has 1 amide bonds. The predicted octanol–water partition coefficient (Wildman–Crippen LogP) is -0.0657. The zero-order chi connectivity index (χ0) is 13.6. The first kappa shape index (κ1) is 15.4. The minimum atomic E-state index is -0.250. The number of nitrogens with one attached hydrogen (secondary N) is 1. The first-order chi connectivity index (χ1) is 8.49. The molecule has 18 heavy (non-hydrogen) atoms. The van der Waals surface area contributed by atoms with Crippen LogP contribution < -0.4 is 11.1 Å². The van der Waals surface area contributed by atoms with Gasteiger partial charge in [-0.05, 0) is 19.3 Å². The fourth-order valence-electron chi connectivity index (χ4n) is 2.20. The minimum absolute atomic E-state index is 0.0235. The number of carbonyl (C=O) groups excluding carboxylic acids is 1. The Kier molecular flexibility index (Phi) is 6.05. The summed E-state index contributed by atoms with van der Waals surface area (Å²) in [5.41, 5.74) is 5.16. The van der Waals surface area contributed by atoms with E-state index in [0.717, 1.165) is 38.9 Å². The number of hydrogen-bond acceptors (Lipinski definition) is 4. The third-order valence-electron chi connectivity index (χ3n) is 4.02. The highest BCUT2D eigenvalue weighted by molar-refractivity contribution is 5.75. The Morgan fingerprint density at radius 2 is 2.11 bits per heavy atom. The van der Waals surface area contributed by atoms with Crippen LogP contribution in [0.25, 0.3) is 0 Å². The summed E-state index contributed by atoms with van der Waals surface area (Å²) >= 11 is 0. The van der Waals surface area contributed by atoms with Gasteiger partial charge in [0.15, 0.2) is 0 Å². The topological polar surface area (TPSA) is 78.6 Å². The van der Waals surface area contributed by atoms with Crippen LogP contribution in [0.5, 0.6) is 0 Å². The number of carbonyl (C=O) groups is 1. The lowest BCUT2D eigenvalue weighted by atomic mass is 9.88. The Morgan fingerprint density at radius 3 is 2.56 bits per heavy atom. The van der Waals surface area contributed by atoms with E-state index < -0.39 is 0 Å². The summed E-state index contributed by atoms with van der Waals surface area (Å²) in [5.74, 6) is -0.250. The molecule has 0 aromatic carbocycles. The van der Waals surface area contributed by atoms with Crippen molar-refractivity contribution >= 4 is 5.91 Å². The summed E-state index contributed by atoms with van der Waals surface area (Å²) < 4.78 is 0. The molecule has 1 saturated heterocycles. The fourth-order valence-corrected chi connectivity index (χ4v) is 2.20. The van der Waals surface area contributed by atoms with Crippen LogP contribution in [0, 0.1) is 5.41 Å². The predicted molar refractivity (Wildman–Crippen MR) is 72.1 cm³/mol. The number of aliphatic hydroxyl groups excluding tert-OH is 1. The average molecular weight is 257 g/mol. The van der Waals surface area contributed by atoms with Gasteiger partial charge in [-0.1, -0.05) is 13.8 Å². The number of hydrogen-bond donors (Lipinski definition) is 3. The molecule has 1 aliphatic rings. The van der Waals surface area contributed by atoms with Gasteiger partial charge in [-0.25, -0.2) is 0 Å². The number of amides is 1. The maximum absolute atomic E-state index is 10.8. The van der Waals surface area contributed by atoms with Crippen molar-refractivity contribution in [1.82, 2.24) is 10.2 Å². The first-order valence-corrected chi connectivity index (χ1v) is 6.84. The quantitative estimate of drug-likeness (QED) is 0.597. The normalized spacial score (nSPS) is 21.7. The molecule has 4 N–H and O–H groups in total. The van der Waals surface area contributed by atoms with Gasteiger partial charge in [-0.2, -0.15) is 0 Å². The van der Waals surface area contributed by atoms with Crippen LogP contribution in [0.3, 0.4) is 0 Å². The zero-order valence-corrected chi connectivity index (χ0v) is 11.6. The van der Waals surface area contributed by atoms with Gasteiger partial charge < -0.3 is 16.2 Å². The largest absolute Gasteiger partial charge is 0.396 e. The van der Waals surface area contributed by atoms with Crippen LogP contribution in [-0.4, -0.2) is 54.7 Å². The van der Waals surface area contributed by atoms with Crippen LogP contribution in [0.2, 0.25) is 0 Å². The van der Waals surface area contributed by atoms with Gasteiger partial charge in [0.1, 0.15) is 0 Å². The smallest absolute Gasteiger partial charge is 0.231 e. The highest BCUT2D eigenvalue weighted by Gasteiger charge is 2.24. The van der Waals surface area contributed by atoms with Crippen LogP contribution in [-0.2, 0) is 4.79 Å². The van der Waals surface area contributed by atoms with Crippen molar-refractivity contribution in [2.75, 3.05) is 32.8 Å². The van der Waals surface area contributed by atoms with Crippen molar-refractivity contribution in [3.8, 4) is 0 Å². The molecule has 1 atom stereocenters. The summed E-state index contributed by atoms with van der Waals surface area (Å²) in [6, 6.07) is 0.492. The number of rotatable bonds is 7. The van der Waals surface area contributed by atoms with E-state index in [9.17, 15) is 9.90 Å². The number of piperidine rings is 1. The highest BCUT2D eigenvalue weighted by atomic mass is 16.3. The molecule has 1 unspecified atom stereocenters. The number of aliphatic hydroxyl groups is 1. The maximum Gasteiger partial charge on any atom is 0.231 e. The van der Waals surface area contributed by atoms with Crippen LogP contribution >= 0.6 is 0 Å². The molecule has 0 aliphatic carbocycles. The molecule has 1 fully saturated rings. The Bertz CT molecular complexity index is 259. The molecule has 106 valence electrons. The van der Waals surface area contributed by atoms with Crippen molar-refractivity contribution < 1.29 is 9.90 Å². The maximum atomic E-state index is 10.8. The molecule has 0 radical (unpaired) electrons. The molecular formula is C13H27N3O2. The summed E-state index contributed by atoms with van der Waals surface area (Å²) in [6.07, 6.45) is 3.05. The van der Waals surface area contributed by atoms with Crippen molar-refractivity contribution in [2.24, 2.45) is 11.1 Å². The fraction of sp³-hybridized carbons (Fsp3) is 0.923. The summed E-state index contributed by atoms with van der Waals surface area (Å²) in [5, 5.41) is 12.9. The lowest BCUT2D eigenvalue weighted by molar-refractivity contribution is -0.119. The number of nitrogens with zero attached hydrogens (tertiary/aromatic N) is 1. The lowest BCUT2D eigenvalue weighted by Crippen LogP contribution is -2.47. The van der Waals surface area contributed by atoms with E-state index in [1.165, 1.54) is 0 Å². The molecule has 1 heterocycles. The van der Waals surface area contributed by atoms with E-state index in [-0.39, 0.29) is 17.9 Å². The van der Waals surface area contributed by atoms with E-state index in [0.29, 0.717) is 12.6 Å². The monoisotopic (exact) mass is 257 g/mol. The number of nitrogens with two attached hydrogens (primary N) is 1. The summed E-state index contributed by atoms with van der Waals surface area (Å²) in [6.45, 7) is 7.48. The molecule has 0 aromatic rings. The average Bonchev–Trinajstić information content (AvgIpc) is 2.37. The van der Waals surface area contributed by atoms with Gasteiger partial charge in [0.05, 0.1) is 6.54 Å². The third kappa shape index (κ3) is 4.92. The lowest BCUT2D eigenvalue weighted by Gasteiger charge is -2.34. The second kappa shape index (κ2) is 7.07. The Labute approximate surface area is 110 Å². The van der Waals surface area contributed by atoms with Gasteiger partial charge in [0, 0.05) is 37.7 Å². The van der Waals surface area contributed by atoms with Crippen LogP contribution in [0.1, 0.15) is 33.1 Å². The molecule has 1 aliphatic heterocycles. The molecule has 0 bridgehead atoms. The second-order valence-corrected chi connectivity index (χ2v) is 5.72. The van der Waals surface area contributed by atoms with Gasteiger partial charge in [0.2, 0.25) is 5.91 Å². The van der Waals surface area contributed by atoms with Crippen molar-refractivity contribution in [2.45, 2.75) is 39.2 Å². The van der Waals surface area contributed by atoms with E-state index in [1.807, 2.05) is 0 Å². The van der Waals surface area contributed by atoms with Crippen molar-refractivity contribution in [3.05, 3.63) is 0 Å². The van der Waals surface area contributed by atoms with E-state index in [1.54, 1.807) is 0 Å². The Balaban J connectivity index is 2.25. The van der Waals surface area contributed by atoms with Gasteiger partial charge >= 0.3 is 0 Å². The van der Waals surface area contributed by atoms with Crippen molar-refractivity contribution in [3.63, 3.8) is 0 Å². The van der Waals surface area contributed by atoms with Crippen LogP contribution in [0.4, 0.5) is 0 Å². The highest BCUT2D eigenvalue weighted by Crippen LogP contribution is 2.20. The zero-order valence-electron chi connectivity index (χ0n) is 11.6. The SMILES string of the molecule is CCC(C)(CO)CNC1CCN(CC(N)=O)CC1. The molecule has 0 spiro atoms. The third-order valence-corrected chi connectivity index (χ3v) is 4.02. The van der Waals surface area contributed by atoms with E-state index in [4.69, 9.17) is 5.73 Å². The molecular weight excluding hydrogens is 230 g/mol. The Morgan fingerprint density at radius 1 is 1.50 bits per heavy atom. The Hall–Kier alpha value is -0.650. The van der Waals surface area contributed by atoms with Crippen molar-refractivity contribution in [1.29, 1.82) is 0 Å². The molecule has 0 aromatic heterocycles. The van der Waals surface area contributed by atoms with E-state index >= 15 is 0 Å².